The van der Waals surface area contributed by atoms with Gasteiger partial charge in [-0.05, 0) is 30.9 Å². The molecule has 1 fully saturated rings. The number of hydrogen-bond acceptors (Lipinski definition) is 5. The molecule has 0 saturated heterocycles. The quantitative estimate of drug-likeness (QED) is 0.484. The van der Waals surface area contributed by atoms with Crippen LogP contribution in [0, 0.1) is 5.92 Å². The Balaban J connectivity index is 2.09. The van der Waals surface area contributed by atoms with E-state index in [0.717, 1.165) is 25.0 Å². The van der Waals surface area contributed by atoms with Crippen LogP contribution in [0.4, 0.5) is 24.8 Å². The average Bonchev–Trinajstić information content (AvgIpc) is 3.18. The topological polar surface area (TPSA) is 83.2 Å². The Bertz CT molecular complexity index is 448. The molecule has 0 aliphatic heterocycles. The highest BCUT2D eigenvalue weighted by atomic mass is 19.4. The van der Waals surface area contributed by atoms with Gasteiger partial charge >= 0.3 is 6.18 Å². The molecular weight excluding hydrogens is 261 g/mol. The van der Waals surface area contributed by atoms with Crippen molar-refractivity contribution in [3.8, 4) is 0 Å². The molecule has 1 atom stereocenters. The fourth-order valence-corrected chi connectivity index (χ4v) is 1.72. The Morgan fingerprint density at radius 1 is 1.37 bits per heavy atom. The summed E-state index contributed by atoms with van der Waals surface area (Å²) in [5, 5.41) is 12.3. The number of aromatic nitrogens is 1. The van der Waals surface area contributed by atoms with Crippen LogP contribution in [0.3, 0.4) is 0 Å². The van der Waals surface area contributed by atoms with Crippen LogP contribution >= 0.6 is 0 Å². The monoisotopic (exact) mass is 276 g/mol. The van der Waals surface area contributed by atoms with Crippen LogP contribution in [-0.2, 0) is 6.18 Å². The first-order valence-electron chi connectivity index (χ1n) is 5.88. The molecule has 0 bridgehead atoms. The van der Waals surface area contributed by atoms with Crippen LogP contribution in [0.1, 0.15) is 18.4 Å². The van der Waals surface area contributed by atoms with Gasteiger partial charge < -0.3 is 15.8 Å². The fourth-order valence-electron chi connectivity index (χ4n) is 1.72. The smallest absolute Gasteiger partial charge is 0.391 e. The van der Waals surface area contributed by atoms with Crippen molar-refractivity contribution < 1.29 is 18.3 Å². The molecule has 1 aromatic heterocycles. The maximum atomic E-state index is 12.6. The third-order valence-corrected chi connectivity index (χ3v) is 2.96. The van der Waals surface area contributed by atoms with Crippen LogP contribution in [-0.4, -0.2) is 22.7 Å². The average molecular weight is 276 g/mol. The van der Waals surface area contributed by atoms with Crippen molar-refractivity contribution in [2.45, 2.75) is 25.1 Å². The molecule has 0 spiro atoms. The SMILES string of the molecule is NNc1cc(C(F)(F)F)cc(NCC(O)C2CC2)n1. The van der Waals surface area contributed by atoms with Gasteiger partial charge in [-0.25, -0.2) is 10.8 Å². The van der Waals surface area contributed by atoms with E-state index in [9.17, 15) is 18.3 Å². The molecule has 1 aromatic rings. The molecule has 5 nitrogen and oxygen atoms in total. The summed E-state index contributed by atoms with van der Waals surface area (Å²) in [5.74, 6) is 5.27. The number of aliphatic hydroxyl groups is 1. The summed E-state index contributed by atoms with van der Waals surface area (Å²) in [7, 11) is 0. The van der Waals surface area contributed by atoms with Gasteiger partial charge in [0.15, 0.2) is 0 Å². The number of nitrogens with two attached hydrogens (primary N) is 1. The molecule has 1 heterocycles. The maximum Gasteiger partial charge on any atom is 0.416 e. The molecule has 2 rings (SSSR count). The van der Waals surface area contributed by atoms with Gasteiger partial charge in [0.05, 0.1) is 11.7 Å². The molecule has 0 radical (unpaired) electrons. The minimum absolute atomic E-state index is 0.0301. The van der Waals surface area contributed by atoms with Gasteiger partial charge in [-0.3, -0.25) is 0 Å². The van der Waals surface area contributed by atoms with E-state index in [1.54, 1.807) is 0 Å². The van der Waals surface area contributed by atoms with E-state index in [2.05, 4.69) is 15.7 Å². The summed E-state index contributed by atoms with van der Waals surface area (Å²) in [6.07, 6.45) is -3.13. The lowest BCUT2D eigenvalue weighted by molar-refractivity contribution is -0.137. The van der Waals surface area contributed by atoms with Gasteiger partial charge in [0, 0.05) is 6.54 Å². The normalized spacial score (nSPS) is 17.1. The molecule has 5 N–H and O–H groups in total. The van der Waals surface area contributed by atoms with Crippen molar-refractivity contribution in [1.29, 1.82) is 0 Å². The number of hydrazine groups is 1. The zero-order chi connectivity index (χ0) is 14.0. The molecule has 1 saturated carbocycles. The Labute approximate surface area is 108 Å². The third kappa shape index (κ3) is 3.71. The first-order chi connectivity index (χ1) is 8.90. The van der Waals surface area contributed by atoms with Gasteiger partial charge in [0.1, 0.15) is 11.6 Å². The fraction of sp³-hybridized carbons (Fsp3) is 0.545. The van der Waals surface area contributed by atoms with Gasteiger partial charge in [-0.1, -0.05) is 0 Å². The second kappa shape index (κ2) is 5.22. The highest BCUT2D eigenvalue weighted by Crippen LogP contribution is 2.33. The zero-order valence-electron chi connectivity index (χ0n) is 10.0. The minimum atomic E-state index is -4.47. The second-order valence-electron chi connectivity index (χ2n) is 4.55. The maximum absolute atomic E-state index is 12.6. The van der Waals surface area contributed by atoms with E-state index >= 15 is 0 Å². The van der Waals surface area contributed by atoms with E-state index < -0.39 is 17.8 Å². The predicted octanol–water partition coefficient (Wildman–Crippen LogP) is 1.57. The number of nitrogens with one attached hydrogen (secondary N) is 2. The number of anilines is 2. The molecule has 1 aliphatic rings. The predicted molar refractivity (Wildman–Crippen MR) is 64.3 cm³/mol. The summed E-state index contributed by atoms with van der Waals surface area (Å²) in [6.45, 7) is 0.170. The van der Waals surface area contributed by atoms with Crippen LogP contribution in [0.5, 0.6) is 0 Å². The Morgan fingerprint density at radius 3 is 2.53 bits per heavy atom. The number of aliphatic hydroxyl groups excluding tert-OH is 1. The number of rotatable bonds is 5. The van der Waals surface area contributed by atoms with E-state index in [4.69, 9.17) is 5.84 Å². The van der Waals surface area contributed by atoms with E-state index in [-0.39, 0.29) is 24.1 Å². The zero-order valence-corrected chi connectivity index (χ0v) is 10.0. The summed E-state index contributed by atoms with van der Waals surface area (Å²) in [4.78, 5) is 3.86. The molecule has 1 aliphatic carbocycles. The lowest BCUT2D eigenvalue weighted by Gasteiger charge is -2.14. The summed E-state index contributed by atoms with van der Waals surface area (Å²) in [6, 6.07) is 1.71. The summed E-state index contributed by atoms with van der Waals surface area (Å²) >= 11 is 0. The number of alkyl halides is 3. The van der Waals surface area contributed by atoms with Gasteiger partial charge in [0.2, 0.25) is 0 Å². The number of nitrogen functional groups attached to an aromatic ring is 1. The second-order valence-corrected chi connectivity index (χ2v) is 4.55. The van der Waals surface area contributed by atoms with Crippen LogP contribution in [0.25, 0.3) is 0 Å². The minimum Gasteiger partial charge on any atom is -0.391 e. The Kier molecular flexibility index (Phi) is 3.81. The van der Waals surface area contributed by atoms with Crippen LogP contribution < -0.4 is 16.6 Å². The standard InChI is InChI=1S/C11H15F3N4O/c12-11(13,14)7-3-9(17-10(4-7)18-15)16-5-8(19)6-1-2-6/h3-4,6,8,19H,1-2,5,15H2,(H2,16,17,18). The molecule has 0 aromatic carbocycles. The number of halogens is 3. The molecule has 0 amide bonds. The van der Waals surface area contributed by atoms with E-state index in [0.29, 0.717) is 0 Å². The summed E-state index contributed by atoms with van der Waals surface area (Å²) in [5.41, 5.74) is 1.24. The van der Waals surface area contributed by atoms with Crippen molar-refractivity contribution in [3.63, 3.8) is 0 Å². The Morgan fingerprint density at radius 2 is 2.00 bits per heavy atom. The first-order valence-corrected chi connectivity index (χ1v) is 5.88. The highest BCUT2D eigenvalue weighted by molar-refractivity contribution is 5.49. The van der Waals surface area contributed by atoms with Crippen LogP contribution in [0.2, 0.25) is 0 Å². The van der Waals surface area contributed by atoms with Crippen molar-refractivity contribution in [2.75, 3.05) is 17.3 Å². The number of nitrogens with zero attached hydrogens (tertiary/aromatic N) is 1. The first kappa shape index (κ1) is 13.9. The van der Waals surface area contributed by atoms with Crippen molar-refractivity contribution in [1.82, 2.24) is 4.98 Å². The van der Waals surface area contributed by atoms with Gasteiger partial charge in [0.25, 0.3) is 0 Å². The molecule has 106 valence electrons. The molecule has 19 heavy (non-hydrogen) atoms. The lowest BCUT2D eigenvalue weighted by atomic mass is 10.2. The van der Waals surface area contributed by atoms with Crippen molar-refractivity contribution >= 4 is 11.6 Å². The van der Waals surface area contributed by atoms with Crippen LogP contribution in [0.15, 0.2) is 12.1 Å². The Hall–Kier alpha value is -1.54. The van der Waals surface area contributed by atoms with Crippen molar-refractivity contribution in [3.05, 3.63) is 17.7 Å². The van der Waals surface area contributed by atoms with E-state index in [1.165, 1.54) is 0 Å². The third-order valence-electron chi connectivity index (χ3n) is 2.96. The highest BCUT2D eigenvalue weighted by Gasteiger charge is 2.32. The number of hydrogen-bond donors (Lipinski definition) is 4. The number of pyridine rings is 1. The van der Waals surface area contributed by atoms with Crippen molar-refractivity contribution in [2.24, 2.45) is 11.8 Å². The summed E-state index contributed by atoms with van der Waals surface area (Å²) < 4.78 is 37.9. The largest absolute Gasteiger partial charge is 0.416 e. The molecule has 1 unspecified atom stereocenters. The van der Waals surface area contributed by atoms with Gasteiger partial charge in [-0.15, -0.1) is 0 Å². The van der Waals surface area contributed by atoms with E-state index in [1.807, 2.05) is 0 Å². The molecular formula is C11H15F3N4O. The lowest BCUT2D eigenvalue weighted by Crippen LogP contribution is -2.22. The molecule has 8 heteroatoms. The van der Waals surface area contributed by atoms with Gasteiger partial charge in [-0.2, -0.15) is 13.2 Å².